The third kappa shape index (κ3) is 5.66. The summed E-state index contributed by atoms with van der Waals surface area (Å²) < 4.78 is 57.1. The zero-order chi connectivity index (χ0) is 21.6. The first kappa shape index (κ1) is 21.0. The van der Waals surface area contributed by atoms with Gasteiger partial charge in [0.15, 0.2) is 0 Å². The van der Waals surface area contributed by atoms with Crippen LogP contribution in [0.15, 0.2) is 60.7 Å². The Morgan fingerprint density at radius 1 is 0.967 bits per heavy atom. The number of carbonyl (C=O) groups is 1. The molecule has 0 aliphatic rings. The Kier molecular flexibility index (Phi) is 6.45. The predicted octanol–water partition coefficient (Wildman–Crippen LogP) is 4.50. The van der Waals surface area contributed by atoms with E-state index in [-0.39, 0.29) is 30.5 Å². The van der Waals surface area contributed by atoms with Gasteiger partial charge in [0, 0.05) is 11.6 Å². The van der Waals surface area contributed by atoms with Crippen LogP contribution in [0, 0.1) is 5.82 Å². The fourth-order valence-corrected chi connectivity index (χ4v) is 2.50. The van der Waals surface area contributed by atoms with E-state index in [9.17, 15) is 22.4 Å². The van der Waals surface area contributed by atoms with Crippen molar-refractivity contribution in [3.8, 4) is 17.1 Å². The average molecular weight is 420 g/mol. The van der Waals surface area contributed by atoms with E-state index in [1.807, 2.05) is 0 Å². The molecule has 0 saturated carbocycles. The van der Waals surface area contributed by atoms with E-state index >= 15 is 0 Å². The molecule has 1 aromatic heterocycles. The molecule has 2 aromatic carbocycles. The van der Waals surface area contributed by atoms with Crippen molar-refractivity contribution in [1.82, 2.24) is 15.5 Å². The number of rotatable bonds is 6. The lowest BCUT2D eigenvalue weighted by Gasteiger charge is -2.14. The minimum Gasteiger partial charge on any atom is -0.475 e. The highest BCUT2D eigenvalue weighted by Gasteiger charge is 2.33. The molecular formula is C20H16F4N4O2. The molecule has 0 bridgehead atoms. The molecule has 0 atom stereocenters. The Hall–Kier alpha value is -3.69. The van der Waals surface area contributed by atoms with E-state index < -0.39 is 17.8 Å². The van der Waals surface area contributed by atoms with Crippen LogP contribution in [0.2, 0.25) is 0 Å². The topological polar surface area (TPSA) is 76.1 Å². The maximum absolute atomic E-state index is 12.9. The monoisotopic (exact) mass is 420 g/mol. The van der Waals surface area contributed by atoms with Crippen molar-refractivity contribution < 1.29 is 27.1 Å². The van der Waals surface area contributed by atoms with Crippen molar-refractivity contribution in [1.29, 1.82) is 0 Å². The lowest BCUT2D eigenvalue weighted by Crippen LogP contribution is -2.32. The first-order valence-corrected chi connectivity index (χ1v) is 8.76. The molecule has 0 radical (unpaired) electrons. The van der Waals surface area contributed by atoms with Gasteiger partial charge in [-0.15, -0.1) is 10.2 Å². The molecule has 0 fully saturated rings. The van der Waals surface area contributed by atoms with Gasteiger partial charge in [0.05, 0.1) is 23.5 Å². The lowest BCUT2D eigenvalue weighted by molar-refractivity contribution is -0.136. The molecule has 0 unspecified atom stereocenters. The Bertz CT molecular complexity index is 993. The molecule has 2 N–H and O–H groups in total. The largest absolute Gasteiger partial charge is 0.475 e. The van der Waals surface area contributed by atoms with Gasteiger partial charge >= 0.3 is 12.2 Å². The van der Waals surface area contributed by atoms with Crippen molar-refractivity contribution in [3.63, 3.8) is 0 Å². The Labute approximate surface area is 168 Å². The first-order chi connectivity index (χ1) is 14.3. The zero-order valence-electron chi connectivity index (χ0n) is 15.4. The average Bonchev–Trinajstić information content (AvgIpc) is 2.72. The van der Waals surface area contributed by atoms with Crippen LogP contribution in [0.3, 0.4) is 0 Å². The predicted molar refractivity (Wildman–Crippen MR) is 101 cm³/mol. The van der Waals surface area contributed by atoms with Gasteiger partial charge in [-0.3, -0.25) is 0 Å². The third-order valence-electron chi connectivity index (χ3n) is 3.90. The number of hydrogen-bond donors (Lipinski definition) is 2. The van der Waals surface area contributed by atoms with Crippen LogP contribution in [0.5, 0.6) is 5.88 Å². The van der Waals surface area contributed by atoms with Crippen molar-refractivity contribution in [2.45, 2.75) is 6.18 Å². The van der Waals surface area contributed by atoms with Crippen LogP contribution in [0.1, 0.15) is 5.56 Å². The van der Waals surface area contributed by atoms with Gasteiger partial charge in [0.25, 0.3) is 0 Å². The summed E-state index contributed by atoms with van der Waals surface area (Å²) in [6.45, 7) is 0.0559. The Morgan fingerprint density at radius 2 is 1.70 bits per heavy atom. The number of alkyl halides is 3. The van der Waals surface area contributed by atoms with Gasteiger partial charge in [0.2, 0.25) is 5.88 Å². The minimum absolute atomic E-state index is 0.0267. The van der Waals surface area contributed by atoms with E-state index in [1.54, 1.807) is 24.3 Å². The third-order valence-corrected chi connectivity index (χ3v) is 3.90. The van der Waals surface area contributed by atoms with Crippen LogP contribution in [-0.4, -0.2) is 29.4 Å². The number of urea groups is 1. The van der Waals surface area contributed by atoms with E-state index in [4.69, 9.17) is 4.74 Å². The van der Waals surface area contributed by atoms with Gasteiger partial charge in [-0.1, -0.05) is 12.1 Å². The number of anilines is 1. The zero-order valence-corrected chi connectivity index (χ0v) is 15.4. The summed E-state index contributed by atoms with van der Waals surface area (Å²) in [7, 11) is 0. The van der Waals surface area contributed by atoms with Gasteiger partial charge in [-0.2, -0.15) is 13.2 Å². The maximum atomic E-state index is 12.9. The maximum Gasteiger partial charge on any atom is 0.418 e. The van der Waals surface area contributed by atoms with Crippen molar-refractivity contribution in [2.75, 3.05) is 18.5 Å². The van der Waals surface area contributed by atoms with Crippen molar-refractivity contribution in [3.05, 3.63) is 72.0 Å². The summed E-state index contributed by atoms with van der Waals surface area (Å²) in [6.07, 6.45) is -4.58. The van der Waals surface area contributed by atoms with E-state index in [0.717, 1.165) is 12.1 Å². The summed E-state index contributed by atoms with van der Waals surface area (Å²) in [5.74, 6) is -0.157. The van der Waals surface area contributed by atoms with Crippen LogP contribution < -0.4 is 15.4 Å². The SMILES string of the molecule is O=C(NCCOc1ccc(-c2ccc(F)cc2)nn1)Nc1ccccc1C(F)(F)F. The fraction of sp³-hybridized carbons (Fsp3) is 0.150. The highest BCUT2D eigenvalue weighted by Crippen LogP contribution is 2.34. The van der Waals surface area contributed by atoms with Crippen LogP contribution in [0.25, 0.3) is 11.3 Å². The Morgan fingerprint density at radius 3 is 2.37 bits per heavy atom. The number of halogens is 4. The molecular weight excluding hydrogens is 404 g/mol. The minimum atomic E-state index is -4.58. The second kappa shape index (κ2) is 9.21. The van der Waals surface area contributed by atoms with Gasteiger partial charge < -0.3 is 15.4 Å². The first-order valence-electron chi connectivity index (χ1n) is 8.76. The number of ether oxygens (including phenoxy) is 1. The number of hydrogen-bond acceptors (Lipinski definition) is 4. The van der Waals surface area contributed by atoms with E-state index in [2.05, 4.69) is 20.8 Å². The highest BCUT2D eigenvalue weighted by molar-refractivity contribution is 5.90. The number of benzene rings is 2. The smallest absolute Gasteiger partial charge is 0.418 e. The summed E-state index contributed by atoms with van der Waals surface area (Å²) in [5.41, 5.74) is -0.0605. The molecule has 2 amide bonds. The molecule has 0 aliphatic carbocycles. The van der Waals surface area contributed by atoms with Gasteiger partial charge in [-0.05, 0) is 42.5 Å². The number of carbonyl (C=O) groups excluding carboxylic acids is 1. The standard InChI is InChI=1S/C20H16F4N4O2/c21-14-7-5-13(6-8-14)16-9-10-18(28-27-16)30-12-11-25-19(29)26-17-4-2-1-3-15(17)20(22,23)24/h1-10H,11-12H2,(H2,25,26,29). The quantitative estimate of drug-likeness (QED) is 0.455. The molecule has 0 saturated heterocycles. The molecule has 156 valence electrons. The lowest BCUT2D eigenvalue weighted by atomic mass is 10.1. The normalized spacial score (nSPS) is 11.1. The second-order valence-electron chi connectivity index (χ2n) is 6.04. The van der Waals surface area contributed by atoms with Crippen LogP contribution in [-0.2, 0) is 6.18 Å². The number of nitrogens with one attached hydrogen (secondary N) is 2. The Balaban J connectivity index is 1.46. The molecule has 0 aliphatic heterocycles. The second-order valence-corrected chi connectivity index (χ2v) is 6.04. The summed E-state index contributed by atoms with van der Waals surface area (Å²) in [4.78, 5) is 11.8. The summed E-state index contributed by atoms with van der Waals surface area (Å²) in [5, 5.41) is 12.4. The number of amides is 2. The van der Waals surface area contributed by atoms with Crippen molar-refractivity contribution >= 4 is 11.7 Å². The highest BCUT2D eigenvalue weighted by atomic mass is 19.4. The van der Waals surface area contributed by atoms with E-state index in [1.165, 1.54) is 24.3 Å². The number of aromatic nitrogens is 2. The number of nitrogens with zero attached hydrogens (tertiary/aromatic N) is 2. The molecule has 3 rings (SSSR count). The molecule has 10 heteroatoms. The van der Waals surface area contributed by atoms with Crippen LogP contribution in [0.4, 0.5) is 28.0 Å². The number of para-hydroxylation sites is 1. The molecule has 1 heterocycles. The van der Waals surface area contributed by atoms with Gasteiger partial charge in [-0.25, -0.2) is 9.18 Å². The molecule has 6 nitrogen and oxygen atoms in total. The summed E-state index contributed by atoms with van der Waals surface area (Å²) in [6, 6.07) is 12.8. The van der Waals surface area contributed by atoms with Crippen molar-refractivity contribution in [2.24, 2.45) is 0 Å². The molecule has 30 heavy (non-hydrogen) atoms. The fourth-order valence-electron chi connectivity index (χ4n) is 2.50. The molecule has 3 aromatic rings. The van der Waals surface area contributed by atoms with Gasteiger partial charge in [0.1, 0.15) is 12.4 Å². The van der Waals surface area contributed by atoms with E-state index in [0.29, 0.717) is 11.3 Å². The molecule has 0 spiro atoms. The van der Waals surface area contributed by atoms with Crippen LogP contribution >= 0.6 is 0 Å². The summed E-state index contributed by atoms with van der Waals surface area (Å²) >= 11 is 0.